The quantitative estimate of drug-likeness (QED) is 0.748. The number of Topliss-reactive ketones (excluding diaryl/α,β-unsaturated/α-hetero) is 1. The van der Waals surface area contributed by atoms with E-state index in [1.54, 1.807) is 0 Å². The molecule has 0 aliphatic heterocycles. The number of thiazole rings is 1. The van der Waals surface area contributed by atoms with Crippen molar-refractivity contribution < 1.29 is 4.79 Å². The highest BCUT2D eigenvalue weighted by Gasteiger charge is 2.12. The highest BCUT2D eigenvalue weighted by molar-refractivity contribution is 7.20. The summed E-state index contributed by atoms with van der Waals surface area (Å²) in [5, 5.41) is 0.578. The van der Waals surface area contributed by atoms with Gasteiger partial charge in [0.05, 0.1) is 10.2 Å². The zero-order chi connectivity index (χ0) is 13.9. The predicted octanol–water partition coefficient (Wildman–Crippen LogP) is 3.18. The molecule has 4 heteroatoms. The number of carbonyl (C=O) groups is 1. The molecule has 3 nitrogen and oxygen atoms in total. The number of hydrogen-bond donors (Lipinski definition) is 1. The van der Waals surface area contributed by atoms with Gasteiger partial charge in [-0.25, -0.2) is 4.98 Å². The second-order valence-corrected chi connectivity index (χ2v) is 5.64. The lowest BCUT2D eigenvalue weighted by Gasteiger charge is -2.00. The highest BCUT2D eigenvalue weighted by Crippen LogP contribution is 2.22. The molecule has 0 unspecified atom stereocenters. The maximum absolute atomic E-state index is 12.3. The molecule has 100 valence electrons. The fraction of sp³-hybridized carbons (Fsp3) is 0.125. The van der Waals surface area contributed by atoms with Crippen LogP contribution in [0.5, 0.6) is 0 Å². The van der Waals surface area contributed by atoms with Gasteiger partial charge in [0.2, 0.25) is 0 Å². The van der Waals surface area contributed by atoms with Gasteiger partial charge in [-0.15, -0.1) is 11.3 Å². The number of para-hydroxylation sites is 1. The van der Waals surface area contributed by atoms with Gasteiger partial charge >= 0.3 is 0 Å². The number of nitrogens with two attached hydrogens (primary N) is 1. The average molecular weight is 282 g/mol. The molecule has 2 N–H and O–H groups in total. The minimum absolute atomic E-state index is 0.0618. The van der Waals surface area contributed by atoms with Crippen LogP contribution in [0.1, 0.15) is 20.9 Å². The Balaban J connectivity index is 1.81. The molecule has 3 rings (SSSR count). The van der Waals surface area contributed by atoms with Crippen LogP contribution in [0.15, 0.2) is 48.5 Å². The van der Waals surface area contributed by atoms with E-state index in [0.717, 1.165) is 21.3 Å². The summed E-state index contributed by atoms with van der Waals surface area (Å²) in [6, 6.07) is 15.6. The van der Waals surface area contributed by atoms with Crippen molar-refractivity contribution in [3.63, 3.8) is 0 Å². The van der Waals surface area contributed by atoms with Crippen LogP contribution in [-0.4, -0.2) is 10.8 Å². The molecule has 0 saturated carbocycles. The lowest BCUT2D eigenvalue weighted by atomic mass is 10.1. The summed E-state index contributed by atoms with van der Waals surface area (Å²) in [7, 11) is 0. The zero-order valence-corrected chi connectivity index (χ0v) is 11.7. The first-order valence-electron chi connectivity index (χ1n) is 6.43. The van der Waals surface area contributed by atoms with E-state index in [0.29, 0.717) is 18.0 Å². The van der Waals surface area contributed by atoms with E-state index >= 15 is 0 Å². The maximum atomic E-state index is 12.3. The van der Waals surface area contributed by atoms with Crippen molar-refractivity contribution in [1.29, 1.82) is 0 Å². The third-order valence-corrected chi connectivity index (χ3v) is 4.23. The Bertz CT molecular complexity index is 714. The second-order valence-electron chi connectivity index (χ2n) is 4.61. The van der Waals surface area contributed by atoms with E-state index in [4.69, 9.17) is 5.73 Å². The largest absolute Gasteiger partial charge is 0.326 e. The number of hydrogen-bond acceptors (Lipinski definition) is 4. The molecular formula is C16H14N2OS. The molecule has 0 aliphatic rings. The second kappa shape index (κ2) is 5.53. The van der Waals surface area contributed by atoms with E-state index in [9.17, 15) is 4.79 Å². The summed E-state index contributed by atoms with van der Waals surface area (Å²) in [5.41, 5.74) is 8.51. The van der Waals surface area contributed by atoms with Gasteiger partial charge < -0.3 is 5.73 Å². The Hall–Kier alpha value is -2.04. The minimum Gasteiger partial charge on any atom is -0.326 e. The number of fused-ring (bicyclic) bond motifs is 1. The van der Waals surface area contributed by atoms with Gasteiger partial charge in [0.1, 0.15) is 0 Å². The normalized spacial score (nSPS) is 10.8. The zero-order valence-electron chi connectivity index (χ0n) is 10.9. The van der Waals surface area contributed by atoms with Crippen molar-refractivity contribution in [3.8, 4) is 0 Å². The van der Waals surface area contributed by atoms with Crippen LogP contribution < -0.4 is 5.73 Å². The van der Waals surface area contributed by atoms with Crippen LogP contribution in [-0.2, 0) is 13.0 Å². The molecule has 0 atom stereocenters. The standard InChI is InChI=1S/C16H14N2OS/c17-10-12-7-5-11(6-8-12)9-14(19)16-18-13-3-1-2-4-15(13)20-16/h1-8H,9-10,17H2. The van der Waals surface area contributed by atoms with Gasteiger partial charge in [-0.2, -0.15) is 0 Å². The predicted molar refractivity (Wildman–Crippen MR) is 82.0 cm³/mol. The number of aromatic nitrogens is 1. The Labute approximate surface area is 121 Å². The monoisotopic (exact) mass is 282 g/mol. The molecule has 0 amide bonds. The summed E-state index contributed by atoms with van der Waals surface area (Å²) < 4.78 is 1.05. The summed E-state index contributed by atoms with van der Waals surface area (Å²) >= 11 is 1.45. The van der Waals surface area contributed by atoms with Gasteiger partial charge in [-0.05, 0) is 23.3 Å². The van der Waals surface area contributed by atoms with Crippen molar-refractivity contribution in [2.75, 3.05) is 0 Å². The van der Waals surface area contributed by atoms with Crippen molar-refractivity contribution in [2.24, 2.45) is 5.73 Å². The summed E-state index contributed by atoms with van der Waals surface area (Å²) in [5.74, 6) is 0.0618. The van der Waals surface area contributed by atoms with Crippen LogP contribution in [0.2, 0.25) is 0 Å². The van der Waals surface area contributed by atoms with E-state index in [1.807, 2.05) is 48.5 Å². The first-order chi connectivity index (χ1) is 9.76. The van der Waals surface area contributed by atoms with Gasteiger partial charge in [0.15, 0.2) is 10.8 Å². The lowest BCUT2D eigenvalue weighted by molar-refractivity contribution is 0.0993. The Morgan fingerprint density at radius 1 is 1.05 bits per heavy atom. The van der Waals surface area contributed by atoms with E-state index in [2.05, 4.69) is 4.98 Å². The first-order valence-corrected chi connectivity index (χ1v) is 7.24. The summed E-state index contributed by atoms with van der Waals surface area (Å²) in [6.45, 7) is 0.520. The maximum Gasteiger partial charge on any atom is 0.195 e. The molecule has 1 aromatic heterocycles. The van der Waals surface area contributed by atoms with Crippen LogP contribution in [0.3, 0.4) is 0 Å². The molecule has 0 saturated heterocycles. The molecule has 0 aliphatic carbocycles. The SMILES string of the molecule is NCc1ccc(CC(=O)c2nc3ccccc3s2)cc1. The third kappa shape index (κ3) is 2.61. The minimum atomic E-state index is 0.0618. The number of carbonyl (C=O) groups excluding carboxylic acids is 1. The van der Waals surface area contributed by atoms with E-state index in [1.165, 1.54) is 11.3 Å². The smallest absolute Gasteiger partial charge is 0.195 e. The Kier molecular flexibility index (Phi) is 3.58. The van der Waals surface area contributed by atoms with Crippen LogP contribution >= 0.6 is 11.3 Å². The molecule has 0 spiro atoms. The number of ketones is 1. The van der Waals surface area contributed by atoms with Gasteiger partial charge in [-0.3, -0.25) is 4.79 Å². The molecule has 3 aromatic rings. The average Bonchev–Trinajstić information content (AvgIpc) is 2.92. The fourth-order valence-corrected chi connectivity index (χ4v) is 2.95. The topological polar surface area (TPSA) is 56.0 Å². The van der Waals surface area contributed by atoms with Crippen LogP contribution in [0.4, 0.5) is 0 Å². The van der Waals surface area contributed by atoms with Crippen molar-refractivity contribution in [2.45, 2.75) is 13.0 Å². The van der Waals surface area contributed by atoms with Crippen LogP contribution in [0.25, 0.3) is 10.2 Å². The third-order valence-electron chi connectivity index (χ3n) is 3.16. The lowest BCUT2D eigenvalue weighted by Crippen LogP contribution is -2.03. The Morgan fingerprint density at radius 3 is 2.45 bits per heavy atom. The molecule has 1 heterocycles. The van der Waals surface area contributed by atoms with Gasteiger partial charge in [-0.1, -0.05) is 36.4 Å². The summed E-state index contributed by atoms with van der Waals surface area (Å²) in [4.78, 5) is 16.7. The number of nitrogens with zero attached hydrogens (tertiary/aromatic N) is 1. The molecule has 2 aromatic carbocycles. The van der Waals surface area contributed by atoms with Crippen molar-refractivity contribution in [3.05, 3.63) is 64.7 Å². The fourth-order valence-electron chi connectivity index (χ4n) is 2.05. The van der Waals surface area contributed by atoms with Crippen LogP contribution in [0, 0.1) is 0 Å². The molecule has 0 radical (unpaired) electrons. The van der Waals surface area contributed by atoms with Crippen molar-refractivity contribution in [1.82, 2.24) is 4.98 Å². The number of benzene rings is 2. The Morgan fingerprint density at radius 2 is 1.75 bits per heavy atom. The van der Waals surface area contributed by atoms with E-state index in [-0.39, 0.29) is 5.78 Å². The molecular weight excluding hydrogens is 268 g/mol. The van der Waals surface area contributed by atoms with E-state index < -0.39 is 0 Å². The molecule has 20 heavy (non-hydrogen) atoms. The first kappa shape index (κ1) is 13.0. The van der Waals surface area contributed by atoms with Crippen molar-refractivity contribution >= 4 is 27.3 Å². The highest BCUT2D eigenvalue weighted by atomic mass is 32.1. The molecule has 0 fully saturated rings. The van der Waals surface area contributed by atoms with Gasteiger partial charge in [0, 0.05) is 13.0 Å². The number of rotatable bonds is 4. The molecule has 0 bridgehead atoms. The summed E-state index contributed by atoms with van der Waals surface area (Å²) in [6.07, 6.45) is 0.380. The van der Waals surface area contributed by atoms with Gasteiger partial charge in [0.25, 0.3) is 0 Å².